The van der Waals surface area contributed by atoms with Crippen LogP contribution in [0.5, 0.6) is 0 Å². The molecular formula is C17H24F3N3O2. The minimum atomic E-state index is -4.40. The summed E-state index contributed by atoms with van der Waals surface area (Å²) in [5.41, 5.74) is 0.618. The number of amides is 1. The van der Waals surface area contributed by atoms with Crippen LogP contribution in [0.15, 0.2) is 30.3 Å². The van der Waals surface area contributed by atoms with Crippen molar-refractivity contribution in [2.24, 2.45) is 0 Å². The second-order valence-electron chi connectivity index (χ2n) is 5.83. The van der Waals surface area contributed by atoms with Gasteiger partial charge in [0.1, 0.15) is 6.04 Å². The SMILES string of the molecule is CCOC(C(=O)NCC(N1CCNCC1)C(F)(F)F)c1ccccc1. The molecule has 2 unspecified atom stereocenters. The molecule has 0 spiro atoms. The standard InChI is InChI=1S/C17H24F3N3O2/c1-2-25-15(13-6-4-3-5-7-13)16(24)22-12-14(17(18,19)20)23-10-8-21-9-11-23/h3-7,14-15,21H,2,8-12H2,1H3,(H,22,24). The highest BCUT2D eigenvalue weighted by Gasteiger charge is 2.44. The molecule has 1 aromatic rings. The van der Waals surface area contributed by atoms with E-state index >= 15 is 0 Å². The lowest BCUT2D eigenvalue weighted by atomic mass is 10.1. The van der Waals surface area contributed by atoms with E-state index in [0.29, 0.717) is 31.7 Å². The lowest BCUT2D eigenvalue weighted by molar-refractivity contribution is -0.184. The van der Waals surface area contributed by atoms with Crippen LogP contribution in [0.1, 0.15) is 18.6 Å². The summed E-state index contributed by atoms with van der Waals surface area (Å²) in [6.45, 7) is 3.15. The van der Waals surface area contributed by atoms with Gasteiger partial charge >= 0.3 is 6.18 Å². The zero-order valence-corrected chi connectivity index (χ0v) is 14.2. The summed E-state index contributed by atoms with van der Waals surface area (Å²) in [5, 5.41) is 5.45. The number of nitrogens with one attached hydrogen (secondary N) is 2. The molecule has 0 saturated carbocycles. The number of piperazine rings is 1. The molecule has 1 aliphatic rings. The number of ether oxygens (including phenoxy) is 1. The van der Waals surface area contributed by atoms with E-state index in [4.69, 9.17) is 4.74 Å². The Labute approximate surface area is 145 Å². The maximum atomic E-state index is 13.4. The molecule has 1 amide bonds. The monoisotopic (exact) mass is 359 g/mol. The summed E-state index contributed by atoms with van der Waals surface area (Å²) in [5.74, 6) is -0.558. The Balaban J connectivity index is 2.03. The second kappa shape index (κ2) is 9.17. The highest BCUT2D eigenvalue weighted by Crippen LogP contribution is 2.25. The third-order valence-electron chi connectivity index (χ3n) is 4.11. The average molecular weight is 359 g/mol. The molecule has 0 aliphatic carbocycles. The Morgan fingerprint density at radius 3 is 2.48 bits per heavy atom. The first-order chi connectivity index (χ1) is 11.9. The van der Waals surface area contributed by atoms with Gasteiger partial charge < -0.3 is 15.4 Å². The normalized spacial score (nSPS) is 18.6. The Morgan fingerprint density at radius 2 is 1.92 bits per heavy atom. The minimum absolute atomic E-state index is 0.285. The molecule has 1 saturated heterocycles. The quantitative estimate of drug-likeness (QED) is 0.778. The highest BCUT2D eigenvalue weighted by molar-refractivity contribution is 5.82. The second-order valence-corrected chi connectivity index (χ2v) is 5.83. The van der Waals surface area contributed by atoms with Gasteiger partial charge in [0, 0.05) is 39.3 Å². The smallest absolute Gasteiger partial charge is 0.364 e. The highest BCUT2D eigenvalue weighted by atomic mass is 19.4. The van der Waals surface area contributed by atoms with E-state index < -0.39 is 30.8 Å². The van der Waals surface area contributed by atoms with E-state index in [9.17, 15) is 18.0 Å². The van der Waals surface area contributed by atoms with Crippen LogP contribution in [0, 0.1) is 0 Å². The van der Waals surface area contributed by atoms with Crippen molar-refractivity contribution in [1.29, 1.82) is 0 Å². The fourth-order valence-corrected chi connectivity index (χ4v) is 2.85. The largest absolute Gasteiger partial charge is 0.405 e. The van der Waals surface area contributed by atoms with Crippen LogP contribution in [0.4, 0.5) is 13.2 Å². The molecule has 2 N–H and O–H groups in total. The van der Waals surface area contributed by atoms with E-state index in [1.54, 1.807) is 37.3 Å². The molecule has 2 atom stereocenters. The number of carbonyl (C=O) groups is 1. The van der Waals surface area contributed by atoms with Crippen molar-refractivity contribution in [2.75, 3.05) is 39.3 Å². The molecule has 1 fully saturated rings. The van der Waals surface area contributed by atoms with Crippen molar-refractivity contribution in [3.8, 4) is 0 Å². The fourth-order valence-electron chi connectivity index (χ4n) is 2.85. The molecule has 1 heterocycles. The molecule has 8 heteroatoms. The van der Waals surface area contributed by atoms with E-state index in [1.165, 1.54) is 4.90 Å². The Bertz CT molecular complexity index is 534. The molecule has 5 nitrogen and oxygen atoms in total. The number of benzene rings is 1. The summed E-state index contributed by atoms with van der Waals surface area (Å²) in [6, 6.07) is 7.06. The number of alkyl halides is 3. The Morgan fingerprint density at radius 1 is 1.28 bits per heavy atom. The lowest BCUT2D eigenvalue weighted by Crippen LogP contribution is -2.57. The van der Waals surface area contributed by atoms with Crippen LogP contribution < -0.4 is 10.6 Å². The molecule has 140 valence electrons. The summed E-state index contributed by atoms with van der Waals surface area (Å²) < 4.78 is 45.6. The van der Waals surface area contributed by atoms with Crippen molar-refractivity contribution in [1.82, 2.24) is 15.5 Å². The first kappa shape index (κ1) is 19.7. The summed E-state index contributed by atoms with van der Waals surface area (Å²) in [6.07, 6.45) is -5.32. The predicted molar refractivity (Wildman–Crippen MR) is 88.1 cm³/mol. The van der Waals surface area contributed by atoms with Gasteiger partial charge in [-0.1, -0.05) is 30.3 Å². The number of rotatable bonds is 7. The number of hydrogen-bond donors (Lipinski definition) is 2. The molecule has 1 aliphatic heterocycles. The van der Waals surface area contributed by atoms with Crippen molar-refractivity contribution >= 4 is 5.91 Å². The van der Waals surface area contributed by atoms with E-state index in [-0.39, 0.29) is 6.61 Å². The van der Waals surface area contributed by atoms with E-state index in [2.05, 4.69) is 10.6 Å². The van der Waals surface area contributed by atoms with Gasteiger partial charge in [0.25, 0.3) is 5.91 Å². The molecule has 1 aromatic carbocycles. The topological polar surface area (TPSA) is 53.6 Å². The third-order valence-corrected chi connectivity index (χ3v) is 4.11. The number of hydrogen-bond acceptors (Lipinski definition) is 4. The third kappa shape index (κ3) is 5.69. The van der Waals surface area contributed by atoms with Gasteiger partial charge in [-0.15, -0.1) is 0 Å². The molecule has 2 rings (SSSR count). The predicted octanol–water partition coefficient (Wildman–Crippen LogP) is 1.72. The number of carbonyl (C=O) groups excluding carboxylic acids is 1. The first-order valence-electron chi connectivity index (χ1n) is 8.39. The van der Waals surface area contributed by atoms with Gasteiger partial charge in [0.2, 0.25) is 0 Å². The van der Waals surface area contributed by atoms with E-state index in [1.807, 2.05) is 0 Å². The Hall–Kier alpha value is -1.64. The summed E-state index contributed by atoms with van der Waals surface area (Å²) in [4.78, 5) is 13.8. The fraction of sp³-hybridized carbons (Fsp3) is 0.588. The van der Waals surface area contributed by atoms with Gasteiger partial charge in [-0.2, -0.15) is 13.2 Å². The summed E-state index contributed by atoms with van der Waals surface area (Å²) >= 11 is 0. The van der Waals surface area contributed by atoms with Gasteiger partial charge in [0.15, 0.2) is 6.10 Å². The molecule has 0 radical (unpaired) electrons. The maximum Gasteiger partial charge on any atom is 0.405 e. The van der Waals surface area contributed by atoms with Gasteiger partial charge in [-0.3, -0.25) is 9.69 Å². The van der Waals surface area contributed by atoms with Crippen LogP contribution >= 0.6 is 0 Å². The van der Waals surface area contributed by atoms with Crippen LogP contribution in [0.25, 0.3) is 0 Å². The van der Waals surface area contributed by atoms with Gasteiger partial charge in [-0.05, 0) is 12.5 Å². The van der Waals surface area contributed by atoms with E-state index in [0.717, 1.165) is 0 Å². The van der Waals surface area contributed by atoms with Crippen molar-refractivity contribution in [3.05, 3.63) is 35.9 Å². The van der Waals surface area contributed by atoms with Crippen LogP contribution in [0.2, 0.25) is 0 Å². The molecule has 25 heavy (non-hydrogen) atoms. The zero-order valence-electron chi connectivity index (χ0n) is 14.2. The lowest BCUT2D eigenvalue weighted by Gasteiger charge is -2.36. The minimum Gasteiger partial charge on any atom is -0.364 e. The first-order valence-corrected chi connectivity index (χ1v) is 8.39. The summed E-state index contributed by atoms with van der Waals surface area (Å²) in [7, 11) is 0. The van der Waals surface area contributed by atoms with Gasteiger partial charge in [0.05, 0.1) is 0 Å². The molecule has 0 aromatic heterocycles. The molecule has 0 bridgehead atoms. The maximum absolute atomic E-state index is 13.4. The number of nitrogens with zero attached hydrogens (tertiary/aromatic N) is 1. The van der Waals surface area contributed by atoms with Crippen molar-refractivity contribution < 1.29 is 22.7 Å². The average Bonchev–Trinajstić information content (AvgIpc) is 2.60. The zero-order chi connectivity index (χ0) is 18.3. The number of halogens is 3. The Kier molecular flexibility index (Phi) is 7.22. The van der Waals surface area contributed by atoms with Gasteiger partial charge in [-0.25, -0.2) is 0 Å². The van der Waals surface area contributed by atoms with Crippen LogP contribution in [-0.2, 0) is 9.53 Å². The van der Waals surface area contributed by atoms with Crippen molar-refractivity contribution in [2.45, 2.75) is 25.2 Å². The van der Waals surface area contributed by atoms with Crippen LogP contribution in [0.3, 0.4) is 0 Å². The van der Waals surface area contributed by atoms with Crippen LogP contribution in [-0.4, -0.2) is 62.4 Å². The molecular weight excluding hydrogens is 335 g/mol. The van der Waals surface area contributed by atoms with Crippen molar-refractivity contribution in [3.63, 3.8) is 0 Å².